The van der Waals surface area contributed by atoms with Gasteiger partial charge in [0.1, 0.15) is 11.5 Å². The van der Waals surface area contributed by atoms with Crippen LogP contribution in [0, 0.1) is 0 Å². The van der Waals surface area contributed by atoms with Crippen LogP contribution in [0.15, 0.2) is 47.4 Å². The Morgan fingerprint density at radius 3 is 2.43 bits per heavy atom. The Balaban J connectivity index is 1.72. The smallest absolute Gasteiger partial charge is 0.475 e. The minimum absolute atomic E-state index is 0.0312. The number of methoxy groups -OCH3 is 1. The number of Topliss-reactive ketones (excluding diaryl/α,β-unsaturated/α-hetero) is 2. The van der Waals surface area contributed by atoms with E-state index >= 15 is 0 Å². The molecule has 148 valence electrons. The molecule has 9 heteroatoms. The standard InChI is InChI=1S/C19H14F4O4S/c1-26-15-5-3-2-4-12(15)14(25)8-7-13(24)11-6-9-16-17(10-11)28-19(22,23)18(20,21)27-16/h2-6,9-10H,7-8H2,1H3. The topological polar surface area (TPSA) is 52.6 Å². The number of fused-ring (bicyclic) bond motifs is 1. The van der Waals surface area contributed by atoms with Crippen molar-refractivity contribution in [2.24, 2.45) is 0 Å². The van der Waals surface area contributed by atoms with Crippen LogP contribution in [0.2, 0.25) is 0 Å². The summed E-state index contributed by atoms with van der Waals surface area (Å²) in [6.07, 6.45) is -4.93. The quantitative estimate of drug-likeness (QED) is 0.480. The Labute approximate surface area is 161 Å². The molecule has 1 aliphatic rings. The van der Waals surface area contributed by atoms with E-state index in [9.17, 15) is 27.2 Å². The predicted octanol–water partition coefficient (Wildman–Crippen LogP) is 5.21. The number of carbonyl (C=O) groups is 2. The van der Waals surface area contributed by atoms with Crippen LogP contribution in [-0.2, 0) is 0 Å². The van der Waals surface area contributed by atoms with Crippen LogP contribution in [-0.4, -0.2) is 30.0 Å². The van der Waals surface area contributed by atoms with Crippen molar-refractivity contribution >= 4 is 23.3 Å². The zero-order valence-electron chi connectivity index (χ0n) is 14.5. The zero-order chi connectivity index (χ0) is 20.5. The van der Waals surface area contributed by atoms with Crippen LogP contribution in [0.3, 0.4) is 0 Å². The number of ether oxygens (including phenoxy) is 2. The van der Waals surface area contributed by atoms with Crippen LogP contribution < -0.4 is 9.47 Å². The van der Waals surface area contributed by atoms with Crippen molar-refractivity contribution in [3.8, 4) is 11.5 Å². The molecule has 0 saturated carbocycles. The average Bonchev–Trinajstić information content (AvgIpc) is 2.65. The Morgan fingerprint density at radius 1 is 1.04 bits per heavy atom. The normalized spacial score (nSPS) is 16.6. The Bertz CT molecular complexity index is 930. The molecule has 0 unspecified atom stereocenters. The van der Waals surface area contributed by atoms with Gasteiger partial charge >= 0.3 is 11.4 Å². The Kier molecular flexibility index (Phi) is 5.38. The molecule has 0 amide bonds. The SMILES string of the molecule is COc1ccccc1C(=O)CCC(=O)c1ccc2c(c1)SC(F)(F)C(F)(F)O2. The molecule has 2 aromatic rings. The van der Waals surface area contributed by atoms with Crippen molar-refractivity contribution in [3.05, 3.63) is 53.6 Å². The molecule has 2 aromatic carbocycles. The fraction of sp³-hybridized carbons (Fsp3) is 0.263. The highest BCUT2D eigenvalue weighted by Crippen LogP contribution is 2.54. The lowest BCUT2D eigenvalue weighted by Gasteiger charge is -2.31. The number of para-hydroxylation sites is 1. The fourth-order valence-electron chi connectivity index (χ4n) is 2.62. The third kappa shape index (κ3) is 3.84. The van der Waals surface area contributed by atoms with Gasteiger partial charge in [0, 0.05) is 18.4 Å². The third-order valence-electron chi connectivity index (χ3n) is 4.07. The number of hydrogen-bond acceptors (Lipinski definition) is 5. The summed E-state index contributed by atoms with van der Waals surface area (Å²) in [4.78, 5) is 24.4. The van der Waals surface area contributed by atoms with Gasteiger partial charge in [-0.25, -0.2) is 0 Å². The number of hydrogen-bond donors (Lipinski definition) is 0. The van der Waals surface area contributed by atoms with Crippen molar-refractivity contribution in [3.63, 3.8) is 0 Å². The summed E-state index contributed by atoms with van der Waals surface area (Å²) in [6, 6.07) is 9.86. The molecule has 0 spiro atoms. The fourth-order valence-corrected chi connectivity index (χ4v) is 3.45. The molecule has 4 nitrogen and oxygen atoms in total. The summed E-state index contributed by atoms with van der Waals surface area (Å²) in [5, 5.41) is -4.46. The zero-order valence-corrected chi connectivity index (χ0v) is 15.3. The third-order valence-corrected chi connectivity index (χ3v) is 5.10. The van der Waals surface area contributed by atoms with Gasteiger partial charge in [0.15, 0.2) is 11.6 Å². The minimum Gasteiger partial charge on any atom is -0.496 e. The molecule has 0 fully saturated rings. The summed E-state index contributed by atoms with van der Waals surface area (Å²) >= 11 is -0.365. The molecule has 3 rings (SSSR count). The van der Waals surface area contributed by atoms with Crippen molar-refractivity contribution in [1.82, 2.24) is 0 Å². The van der Waals surface area contributed by atoms with E-state index in [-0.39, 0.29) is 40.8 Å². The lowest BCUT2D eigenvalue weighted by atomic mass is 10.0. The monoisotopic (exact) mass is 414 g/mol. The number of halogens is 4. The van der Waals surface area contributed by atoms with Crippen molar-refractivity contribution in [1.29, 1.82) is 0 Å². The first-order valence-corrected chi connectivity index (χ1v) is 8.93. The summed E-state index contributed by atoms with van der Waals surface area (Å²) < 4.78 is 62.6. The number of benzene rings is 2. The summed E-state index contributed by atoms with van der Waals surface area (Å²) in [6.45, 7) is 0. The van der Waals surface area contributed by atoms with Gasteiger partial charge in [-0.1, -0.05) is 12.1 Å². The second kappa shape index (κ2) is 7.46. The van der Waals surface area contributed by atoms with E-state index in [1.54, 1.807) is 24.3 Å². The maximum atomic E-state index is 13.5. The lowest BCUT2D eigenvalue weighted by molar-refractivity contribution is -0.273. The number of carbonyl (C=O) groups excluding carboxylic acids is 2. The van der Waals surface area contributed by atoms with Crippen LogP contribution in [0.25, 0.3) is 0 Å². The first-order valence-electron chi connectivity index (χ1n) is 8.12. The van der Waals surface area contributed by atoms with E-state index in [0.29, 0.717) is 11.3 Å². The van der Waals surface area contributed by atoms with Gasteiger partial charge in [0.2, 0.25) is 0 Å². The highest BCUT2D eigenvalue weighted by molar-refractivity contribution is 8.00. The predicted molar refractivity (Wildman–Crippen MR) is 93.7 cm³/mol. The van der Waals surface area contributed by atoms with Crippen LogP contribution in [0.5, 0.6) is 11.5 Å². The van der Waals surface area contributed by atoms with Crippen LogP contribution >= 0.6 is 11.8 Å². The molecule has 0 aliphatic carbocycles. The second-order valence-corrected chi connectivity index (χ2v) is 7.10. The summed E-state index contributed by atoms with van der Waals surface area (Å²) in [5.74, 6) is -0.840. The Morgan fingerprint density at radius 2 is 1.71 bits per heavy atom. The number of rotatable bonds is 6. The Hall–Kier alpha value is -2.55. The number of alkyl halides is 4. The average molecular weight is 414 g/mol. The number of ketones is 2. The molecule has 28 heavy (non-hydrogen) atoms. The van der Waals surface area contributed by atoms with Crippen molar-refractivity contribution < 1.29 is 36.6 Å². The van der Waals surface area contributed by atoms with Gasteiger partial charge in [-0.3, -0.25) is 9.59 Å². The molecule has 0 bridgehead atoms. The van der Waals surface area contributed by atoms with Gasteiger partial charge in [-0.05, 0) is 42.1 Å². The molecular weight excluding hydrogens is 400 g/mol. The molecular formula is C19H14F4O4S. The van der Waals surface area contributed by atoms with Gasteiger partial charge in [-0.2, -0.15) is 17.6 Å². The van der Waals surface area contributed by atoms with Crippen molar-refractivity contribution in [2.45, 2.75) is 29.1 Å². The van der Waals surface area contributed by atoms with Gasteiger partial charge < -0.3 is 9.47 Å². The molecule has 0 N–H and O–H groups in total. The molecule has 1 heterocycles. The van der Waals surface area contributed by atoms with E-state index in [1.807, 2.05) is 0 Å². The summed E-state index contributed by atoms with van der Waals surface area (Å²) in [5.41, 5.74) is 0.359. The van der Waals surface area contributed by atoms with Crippen LogP contribution in [0.4, 0.5) is 17.6 Å². The van der Waals surface area contributed by atoms with Gasteiger partial charge in [-0.15, -0.1) is 0 Å². The lowest BCUT2D eigenvalue weighted by Crippen LogP contribution is -2.45. The maximum absolute atomic E-state index is 13.5. The van der Waals surface area contributed by atoms with E-state index in [0.717, 1.165) is 12.1 Å². The molecule has 0 atom stereocenters. The highest BCUT2D eigenvalue weighted by atomic mass is 32.2. The van der Waals surface area contributed by atoms with E-state index in [1.165, 1.54) is 13.2 Å². The largest absolute Gasteiger partial charge is 0.496 e. The molecule has 1 aliphatic heterocycles. The first kappa shape index (κ1) is 20.2. The molecule has 0 aromatic heterocycles. The number of thioether (sulfide) groups is 1. The first-order chi connectivity index (χ1) is 13.1. The molecule has 0 radical (unpaired) electrons. The maximum Gasteiger partial charge on any atom is 0.475 e. The van der Waals surface area contributed by atoms with E-state index in [4.69, 9.17) is 4.74 Å². The second-order valence-electron chi connectivity index (χ2n) is 5.95. The van der Waals surface area contributed by atoms with E-state index < -0.39 is 22.9 Å². The molecule has 0 saturated heterocycles. The van der Waals surface area contributed by atoms with Crippen LogP contribution in [0.1, 0.15) is 33.6 Å². The van der Waals surface area contributed by atoms with Gasteiger partial charge in [0.05, 0.1) is 17.6 Å². The highest BCUT2D eigenvalue weighted by Gasteiger charge is 2.63. The van der Waals surface area contributed by atoms with Crippen molar-refractivity contribution in [2.75, 3.05) is 7.11 Å². The van der Waals surface area contributed by atoms with E-state index in [2.05, 4.69) is 4.74 Å². The minimum atomic E-state index is -4.64. The summed E-state index contributed by atoms with van der Waals surface area (Å²) in [7, 11) is 1.42. The van der Waals surface area contributed by atoms with Gasteiger partial charge in [0.25, 0.3) is 0 Å².